The minimum absolute atomic E-state index is 0. The first-order chi connectivity index (χ1) is 6.38. The SMILES string of the molecule is Cc1cc(OCC(F)(F)F)ccc1N.Cl. The normalized spacial score (nSPS) is 10.7. The second-order valence-corrected chi connectivity index (χ2v) is 2.92. The van der Waals surface area contributed by atoms with Gasteiger partial charge in [0.15, 0.2) is 6.61 Å². The Labute approximate surface area is 91.6 Å². The Balaban J connectivity index is 0.00000196. The summed E-state index contributed by atoms with van der Waals surface area (Å²) in [4.78, 5) is 0. The smallest absolute Gasteiger partial charge is 0.422 e. The van der Waals surface area contributed by atoms with Gasteiger partial charge in [-0.15, -0.1) is 12.4 Å². The van der Waals surface area contributed by atoms with Crippen LogP contribution in [0.15, 0.2) is 18.2 Å². The third-order valence-electron chi connectivity index (χ3n) is 1.64. The van der Waals surface area contributed by atoms with Crippen molar-refractivity contribution in [3.05, 3.63) is 23.8 Å². The van der Waals surface area contributed by atoms with Gasteiger partial charge >= 0.3 is 6.18 Å². The van der Waals surface area contributed by atoms with Crippen molar-refractivity contribution in [1.29, 1.82) is 0 Å². The van der Waals surface area contributed by atoms with Gasteiger partial charge < -0.3 is 10.5 Å². The molecule has 1 aromatic carbocycles. The summed E-state index contributed by atoms with van der Waals surface area (Å²) in [6, 6.07) is 4.40. The molecule has 0 aromatic heterocycles. The Morgan fingerprint density at radius 3 is 2.40 bits per heavy atom. The van der Waals surface area contributed by atoms with Crippen LogP contribution in [0.2, 0.25) is 0 Å². The molecule has 86 valence electrons. The zero-order valence-electron chi connectivity index (χ0n) is 7.97. The van der Waals surface area contributed by atoms with Crippen LogP contribution >= 0.6 is 12.4 Å². The number of ether oxygens (including phenoxy) is 1. The lowest BCUT2D eigenvalue weighted by Gasteiger charge is -2.10. The Hall–Kier alpha value is -1.10. The molecule has 0 heterocycles. The summed E-state index contributed by atoms with van der Waals surface area (Å²) in [5.74, 6) is 0.175. The van der Waals surface area contributed by atoms with Crippen LogP contribution in [0.3, 0.4) is 0 Å². The topological polar surface area (TPSA) is 35.2 Å². The maximum Gasteiger partial charge on any atom is 0.422 e. The van der Waals surface area contributed by atoms with Crippen LogP contribution in [0.4, 0.5) is 18.9 Å². The van der Waals surface area contributed by atoms with Gasteiger partial charge in [-0.2, -0.15) is 13.2 Å². The van der Waals surface area contributed by atoms with Crippen molar-refractivity contribution >= 4 is 18.1 Å². The number of rotatable bonds is 2. The van der Waals surface area contributed by atoms with E-state index in [0.29, 0.717) is 11.3 Å². The van der Waals surface area contributed by atoms with Crippen molar-refractivity contribution in [3.63, 3.8) is 0 Å². The summed E-state index contributed by atoms with van der Waals surface area (Å²) in [5.41, 5.74) is 6.72. The second-order valence-electron chi connectivity index (χ2n) is 2.92. The number of benzene rings is 1. The third-order valence-corrected chi connectivity index (χ3v) is 1.64. The molecular formula is C9H11ClF3NO. The van der Waals surface area contributed by atoms with E-state index in [1.54, 1.807) is 6.92 Å². The highest BCUT2D eigenvalue weighted by atomic mass is 35.5. The zero-order valence-corrected chi connectivity index (χ0v) is 8.78. The molecule has 0 fully saturated rings. The second kappa shape index (κ2) is 5.11. The predicted octanol–water partition coefficient (Wildman–Crippen LogP) is 2.94. The average Bonchev–Trinajstić information content (AvgIpc) is 2.06. The molecule has 0 aliphatic heterocycles. The number of alkyl halides is 3. The van der Waals surface area contributed by atoms with E-state index in [-0.39, 0.29) is 18.2 Å². The van der Waals surface area contributed by atoms with Gasteiger partial charge in [0.25, 0.3) is 0 Å². The highest BCUT2D eigenvalue weighted by Crippen LogP contribution is 2.21. The molecule has 2 nitrogen and oxygen atoms in total. The molecule has 6 heteroatoms. The molecule has 0 aliphatic rings. The molecule has 1 rings (SSSR count). The van der Waals surface area contributed by atoms with Crippen LogP contribution in [-0.4, -0.2) is 12.8 Å². The predicted molar refractivity (Wildman–Crippen MR) is 54.4 cm³/mol. The first kappa shape index (κ1) is 13.9. The fraction of sp³-hybridized carbons (Fsp3) is 0.333. The molecule has 0 spiro atoms. The van der Waals surface area contributed by atoms with Crippen LogP contribution in [0.25, 0.3) is 0 Å². The number of nitrogen functional groups attached to an aromatic ring is 1. The lowest BCUT2D eigenvalue weighted by molar-refractivity contribution is -0.153. The Bertz CT molecular complexity index is 328. The zero-order chi connectivity index (χ0) is 10.8. The van der Waals surface area contributed by atoms with Crippen LogP contribution < -0.4 is 10.5 Å². The van der Waals surface area contributed by atoms with Gasteiger partial charge in [0.05, 0.1) is 0 Å². The van der Waals surface area contributed by atoms with Gasteiger partial charge in [-0.3, -0.25) is 0 Å². The number of hydrogen-bond donors (Lipinski definition) is 1. The lowest BCUT2D eigenvalue weighted by Crippen LogP contribution is -2.19. The van der Waals surface area contributed by atoms with E-state index in [1.807, 2.05) is 0 Å². The molecule has 0 bridgehead atoms. The monoisotopic (exact) mass is 241 g/mol. The Morgan fingerprint density at radius 1 is 1.33 bits per heavy atom. The lowest BCUT2D eigenvalue weighted by atomic mass is 10.2. The summed E-state index contributed by atoms with van der Waals surface area (Å²) < 4.78 is 39.8. The van der Waals surface area contributed by atoms with Gasteiger partial charge in [0, 0.05) is 5.69 Å². The van der Waals surface area contributed by atoms with Crippen LogP contribution in [-0.2, 0) is 0 Å². The molecule has 0 radical (unpaired) electrons. The maximum atomic E-state index is 11.8. The molecular weight excluding hydrogens is 231 g/mol. The van der Waals surface area contributed by atoms with E-state index < -0.39 is 12.8 Å². The molecule has 15 heavy (non-hydrogen) atoms. The Kier molecular flexibility index (Phi) is 4.74. The van der Waals surface area contributed by atoms with Crippen molar-refractivity contribution in [3.8, 4) is 5.75 Å². The third kappa shape index (κ3) is 4.78. The first-order valence-electron chi connectivity index (χ1n) is 3.94. The van der Waals surface area contributed by atoms with E-state index in [2.05, 4.69) is 4.74 Å². The van der Waals surface area contributed by atoms with Crippen LogP contribution in [0.1, 0.15) is 5.56 Å². The first-order valence-corrected chi connectivity index (χ1v) is 3.94. The molecule has 0 saturated carbocycles. The number of anilines is 1. The van der Waals surface area contributed by atoms with E-state index >= 15 is 0 Å². The van der Waals surface area contributed by atoms with Gasteiger partial charge in [0.2, 0.25) is 0 Å². The standard InChI is InChI=1S/C9H10F3NO.ClH/c1-6-4-7(2-3-8(6)13)14-5-9(10,11)12;/h2-4H,5,13H2,1H3;1H. The fourth-order valence-electron chi connectivity index (χ4n) is 0.903. The molecule has 2 N–H and O–H groups in total. The number of aryl methyl sites for hydroxylation is 1. The van der Waals surface area contributed by atoms with Crippen molar-refractivity contribution < 1.29 is 17.9 Å². The van der Waals surface area contributed by atoms with Crippen molar-refractivity contribution in [1.82, 2.24) is 0 Å². The van der Waals surface area contributed by atoms with Crippen molar-refractivity contribution in [2.45, 2.75) is 13.1 Å². The van der Waals surface area contributed by atoms with Gasteiger partial charge in [-0.1, -0.05) is 0 Å². The van der Waals surface area contributed by atoms with Crippen LogP contribution in [0.5, 0.6) is 5.75 Å². The molecule has 0 aliphatic carbocycles. The summed E-state index contributed by atoms with van der Waals surface area (Å²) >= 11 is 0. The highest BCUT2D eigenvalue weighted by molar-refractivity contribution is 5.85. The van der Waals surface area contributed by atoms with Crippen molar-refractivity contribution in [2.24, 2.45) is 0 Å². The fourth-order valence-corrected chi connectivity index (χ4v) is 0.903. The maximum absolute atomic E-state index is 11.8. The summed E-state index contributed by atoms with van der Waals surface area (Å²) in [6.07, 6.45) is -4.31. The molecule has 1 aromatic rings. The number of hydrogen-bond acceptors (Lipinski definition) is 2. The molecule has 0 amide bonds. The minimum atomic E-state index is -4.31. The van der Waals surface area contributed by atoms with E-state index in [9.17, 15) is 13.2 Å². The largest absolute Gasteiger partial charge is 0.484 e. The van der Waals surface area contributed by atoms with E-state index in [4.69, 9.17) is 5.73 Å². The van der Waals surface area contributed by atoms with Gasteiger partial charge in [0.1, 0.15) is 5.75 Å². The summed E-state index contributed by atoms with van der Waals surface area (Å²) in [5, 5.41) is 0. The van der Waals surface area contributed by atoms with Crippen molar-refractivity contribution in [2.75, 3.05) is 12.3 Å². The number of halogens is 4. The molecule has 0 saturated heterocycles. The van der Waals surface area contributed by atoms with Gasteiger partial charge in [-0.05, 0) is 30.7 Å². The molecule has 0 atom stereocenters. The summed E-state index contributed by atoms with van der Waals surface area (Å²) in [6.45, 7) is 0.423. The summed E-state index contributed by atoms with van der Waals surface area (Å²) in [7, 11) is 0. The van der Waals surface area contributed by atoms with E-state index in [0.717, 1.165) is 0 Å². The van der Waals surface area contributed by atoms with Gasteiger partial charge in [-0.25, -0.2) is 0 Å². The Morgan fingerprint density at radius 2 is 1.93 bits per heavy atom. The minimum Gasteiger partial charge on any atom is -0.484 e. The quantitative estimate of drug-likeness (QED) is 0.808. The van der Waals surface area contributed by atoms with E-state index in [1.165, 1.54) is 18.2 Å². The molecule has 0 unspecified atom stereocenters. The number of nitrogens with two attached hydrogens (primary N) is 1. The highest BCUT2D eigenvalue weighted by Gasteiger charge is 2.28. The average molecular weight is 242 g/mol. The van der Waals surface area contributed by atoms with Crippen LogP contribution in [0, 0.1) is 6.92 Å².